The molecule has 0 radical (unpaired) electrons. The highest BCUT2D eigenvalue weighted by Crippen LogP contribution is 2.33. The van der Waals surface area contributed by atoms with Gasteiger partial charge in [0.05, 0.1) is 12.6 Å². The van der Waals surface area contributed by atoms with Crippen LogP contribution < -0.4 is 0 Å². The number of fused-ring (bicyclic) bond motifs is 1. The maximum atomic E-state index is 13.3. The molecule has 3 aromatic rings. The van der Waals surface area contributed by atoms with Gasteiger partial charge in [-0.05, 0) is 29.3 Å². The average molecular weight is 320 g/mol. The summed E-state index contributed by atoms with van der Waals surface area (Å²) in [4.78, 5) is 11.5. The van der Waals surface area contributed by atoms with Gasteiger partial charge in [0, 0.05) is 0 Å². The summed E-state index contributed by atoms with van der Waals surface area (Å²) < 4.78 is 45.2. The minimum Gasteiger partial charge on any atom is -0.464 e. The molecule has 1 aromatic carbocycles. The first kappa shape index (κ1) is 15.1. The zero-order valence-corrected chi connectivity index (χ0v) is 12.0. The number of esters is 1. The van der Waals surface area contributed by atoms with E-state index in [-0.39, 0.29) is 11.2 Å². The fourth-order valence-corrected chi connectivity index (χ4v) is 2.30. The monoisotopic (exact) mass is 320 g/mol. The molecule has 3 rings (SSSR count). The van der Waals surface area contributed by atoms with Crippen LogP contribution in [0.25, 0.3) is 16.6 Å². The van der Waals surface area contributed by atoms with Crippen molar-refractivity contribution in [3.8, 4) is 11.1 Å². The third-order valence-corrected chi connectivity index (χ3v) is 3.35. The van der Waals surface area contributed by atoms with Crippen molar-refractivity contribution in [2.24, 2.45) is 0 Å². The van der Waals surface area contributed by atoms with E-state index in [0.29, 0.717) is 15.6 Å². The summed E-state index contributed by atoms with van der Waals surface area (Å²) in [6, 6.07) is 12.5. The maximum absolute atomic E-state index is 13.3. The number of halogens is 3. The lowest BCUT2D eigenvalue weighted by Gasteiger charge is -2.11. The van der Waals surface area contributed by atoms with E-state index in [0.717, 1.165) is 13.2 Å². The van der Waals surface area contributed by atoms with Gasteiger partial charge in [0.1, 0.15) is 5.69 Å². The summed E-state index contributed by atoms with van der Waals surface area (Å²) in [7, 11) is 1.15. The third-order valence-electron chi connectivity index (χ3n) is 3.35. The third kappa shape index (κ3) is 2.77. The number of carbonyl (C=O) groups is 1. The molecule has 118 valence electrons. The Labute approximate surface area is 129 Å². The number of hydrogen-bond acceptors (Lipinski definition) is 3. The second-order valence-corrected chi connectivity index (χ2v) is 4.85. The van der Waals surface area contributed by atoms with Crippen molar-refractivity contribution in [3.63, 3.8) is 0 Å². The number of aromatic nitrogens is 2. The molecule has 23 heavy (non-hydrogen) atoms. The maximum Gasteiger partial charge on any atom is 0.433 e. The van der Waals surface area contributed by atoms with Gasteiger partial charge in [0.2, 0.25) is 0 Å². The summed E-state index contributed by atoms with van der Waals surface area (Å²) in [5, 5.41) is 3.71. The Morgan fingerprint density at radius 2 is 1.78 bits per heavy atom. The Kier molecular flexibility index (Phi) is 3.55. The molecular formula is C16H11F3N2O2. The van der Waals surface area contributed by atoms with Gasteiger partial charge in [-0.15, -0.1) is 0 Å². The first-order valence-electron chi connectivity index (χ1n) is 6.65. The molecule has 7 heteroatoms. The molecule has 0 bridgehead atoms. The summed E-state index contributed by atoms with van der Waals surface area (Å²) >= 11 is 0. The number of alkyl halides is 3. The Morgan fingerprint density at radius 3 is 2.39 bits per heavy atom. The Hall–Kier alpha value is -2.83. The second-order valence-electron chi connectivity index (χ2n) is 4.85. The van der Waals surface area contributed by atoms with Crippen LogP contribution in [0.1, 0.15) is 16.2 Å². The molecule has 4 nitrogen and oxygen atoms in total. The Morgan fingerprint density at radius 1 is 1.09 bits per heavy atom. The molecule has 0 fully saturated rings. The number of methoxy groups -OCH3 is 1. The van der Waals surface area contributed by atoms with Crippen molar-refractivity contribution in [1.29, 1.82) is 0 Å². The Balaban J connectivity index is 2.27. The molecule has 2 heterocycles. The molecule has 0 atom stereocenters. The number of pyridine rings is 1. The quantitative estimate of drug-likeness (QED) is 0.675. The molecular weight excluding hydrogens is 309 g/mol. The van der Waals surface area contributed by atoms with Crippen molar-refractivity contribution >= 4 is 11.5 Å². The van der Waals surface area contributed by atoms with E-state index in [1.807, 2.05) is 0 Å². The lowest BCUT2D eigenvalue weighted by molar-refractivity contribution is -0.142. The molecule has 2 aromatic heterocycles. The van der Waals surface area contributed by atoms with E-state index in [1.165, 1.54) is 6.07 Å². The molecule has 0 N–H and O–H groups in total. The van der Waals surface area contributed by atoms with Crippen molar-refractivity contribution < 1.29 is 22.7 Å². The molecule has 0 unspecified atom stereocenters. The molecule has 0 saturated carbocycles. The second kappa shape index (κ2) is 5.42. The highest BCUT2D eigenvalue weighted by atomic mass is 19.4. The van der Waals surface area contributed by atoms with E-state index in [9.17, 15) is 18.0 Å². The topological polar surface area (TPSA) is 43.6 Å². The molecule has 0 aliphatic carbocycles. The number of hydrogen-bond donors (Lipinski definition) is 0. The summed E-state index contributed by atoms with van der Waals surface area (Å²) in [5.41, 5.74) is 0.0642. The molecule has 0 aliphatic rings. The number of nitrogens with zero attached hydrogens (tertiary/aromatic N) is 2. The summed E-state index contributed by atoms with van der Waals surface area (Å²) in [5.74, 6) is -0.789. The van der Waals surface area contributed by atoms with Crippen LogP contribution in [0.2, 0.25) is 0 Å². The van der Waals surface area contributed by atoms with Crippen molar-refractivity contribution in [2.45, 2.75) is 6.18 Å². The minimum atomic E-state index is -4.61. The van der Waals surface area contributed by atoms with Crippen LogP contribution in [0.15, 0.2) is 48.5 Å². The normalized spacial score (nSPS) is 11.7. The fraction of sp³-hybridized carbons (Fsp3) is 0.125. The SMILES string of the molecule is COC(=O)c1cc2cc(-c3ccccc3)cc(C(F)(F)F)n2n1. The largest absolute Gasteiger partial charge is 0.464 e. The smallest absolute Gasteiger partial charge is 0.433 e. The van der Waals surface area contributed by atoms with E-state index >= 15 is 0 Å². The van der Waals surface area contributed by atoms with Crippen LogP contribution in [0.4, 0.5) is 13.2 Å². The minimum absolute atomic E-state index is 0.166. The fourth-order valence-electron chi connectivity index (χ4n) is 2.30. The molecule has 0 saturated heterocycles. The zero-order chi connectivity index (χ0) is 16.6. The van der Waals surface area contributed by atoms with Crippen molar-refractivity contribution in [3.05, 3.63) is 59.9 Å². The summed E-state index contributed by atoms with van der Waals surface area (Å²) in [6.07, 6.45) is -4.61. The first-order valence-corrected chi connectivity index (χ1v) is 6.65. The van der Waals surface area contributed by atoms with Crippen LogP contribution in [-0.4, -0.2) is 22.7 Å². The highest BCUT2D eigenvalue weighted by Gasteiger charge is 2.35. The lowest BCUT2D eigenvalue weighted by atomic mass is 10.1. The molecule has 0 aliphatic heterocycles. The van der Waals surface area contributed by atoms with Crippen LogP contribution in [0.3, 0.4) is 0 Å². The zero-order valence-electron chi connectivity index (χ0n) is 12.0. The van der Waals surface area contributed by atoms with Gasteiger partial charge in [0.25, 0.3) is 0 Å². The van der Waals surface area contributed by atoms with E-state index in [4.69, 9.17) is 0 Å². The van der Waals surface area contributed by atoms with Gasteiger partial charge in [-0.2, -0.15) is 18.3 Å². The van der Waals surface area contributed by atoms with E-state index in [2.05, 4.69) is 9.84 Å². The predicted molar refractivity (Wildman–Crippen MR) is 77.0 cm³/mol. The van der Waals surface area contributed by atoms with Crippen LogP contribution >= 0.6 is 0 Å². The van der Waals surface area contributed by atoms with Gasteiger partial charge in [-0.3, -0.25) is 0 Å². The van der Waals surface area contributed by atoms with Crippen LogP contribution in [0.5, 0.6) is 0 Å². The number of carbonyl (C=O) groups excluding carboxylic acids is 1. The van der Waals surface area contributed by atoms with Gasteiger partial charge < -0.3 is 4.74 Å². The number of benzene rings is 1. The number of ether oxygens (including phenoxy) is 1. The lowest BCUT2D eigenvalue weighted by Crippen LogP contribution is -2.13. The van der Waals surface area contributed by atoms with Crippen LogP contribution in [0, 0.1) is 0 Å². The van der Waals surface area contributed by atoms with Crippen molar-refractivity contribution in [1.82, 2.24) is 9.61 Å². The number of rotatable bonds is 2. The van der Waals surface area contributed by atoms with Gasteiger partial charge >= 0.3 is 12.1 Å². The van der Waals surface area contributed by atoms with Crippen LogP contribution in [-0.2, 0) is 10.9 Å². The van der Waals surface area contributed by atoms with E-state index < -0.39 is 17.8 Å². The average Bonchev–Trinajstić information content (AvgIpc) is 2.96. The standard InChI is InChI=1S/C16H11F3N2O2/c1-23-15(22)13-9-12-7-11(10-5-3-2-4-6-10)8-14(16(17,18)19)21(12)20-13/h2-9H,1H3. The van der Waals surface area contributed by atoms with Gasteiger partial charge in [-0.1, -0.05) is 30.3 Å². The Bertz CT molecular complexity index is 870. The highest BCUT2D eigenvalue weighted by molar-refractivity contribution is 5.89. The summed E-state index contributed by atoms with van der Waals surface area (Å²) in [6.45, 7) is 0. The van der Waals surface area contributed by atoms with Gasteiger partial charge in [0.15, 0.2) is 5.69 Å². The van der Waals surface area contributed by atoms with Crippen molar-refractivity contribution in [2.75, 3.05) is 7.11 Å². The molecule has 0 amide bonds. The van der Waals surface area contributed by atoms with E-state index in [1.54, 1.807) is 36.4 Å². The first-order chi connectivity index (χ1) is 10.9. The molecule has 0 spiro atoms. The van der Waals surface area contributed by atoms with Gasteiger partial charge in [-0.25, -0.2) is 9.31 Å². The predicted octanol–water partition coefficient (Wildman–Crippen LogP) is 3.81.